The van der Waals surface area contributed by atoms with E-state index in [1.807, 2.05) is 12.3 Å². The molecule has 0 aliphatic heterocycles. The number of nitrogens with one attached hydrogen (secondary N) is 2. The van der Waals surface area contributed by atoms with E-state index >= 15 is 0 Å². The van der Waals surface area contributed by atoms with Crippen LogP contribution in [0, 0.1) is 0 Å². The average Bonchev–Trinajstić information content (AvgIpc) is 2.85. The zero-order valence-electron chi connectivity index (χ0n) is 9.66. The quantitative estimate of drug-likeness (QED) is 0.810. The maximum Gasteiger partial charge on any atom is 0.107 e. The molecule has 0 radical (unpaired) electrons. The summed E-state index contributed by atoms with van der Waals surface area (Å²) in [7, 11) is 0. The molecule has 2 N–H and O–H groups in total. The minimum absolute atomic E-state index is 0.517. The first-order chi connectivity index (χ1) is 7.75. The van der Waals surface area contributed by atoms with Gasteiger partial charge in [-0.2, -0.15) is 0 Å². The molecule has 0 unspecified atom stereocenters. The Labute approximate surface area is 95.1 Å². The van der Waals surface area contributed by atoms with Gasteiger partial charge in [-0.15, -0.1) is 0 Å². The number of aromatic nitrogens is 2. The molecule has 0 bridgehead atoms. The molecule has 0 aliphatic carbocycles. The summed E-state index contributed by atoms with van der Waals surface area (Å²) in [4.78, 5) is 7.61. The van der Waals surface area contributed by atoms with E-state index in [4.69, 9.17) is 4.42 Å². The molecule has 2 aromatic heterocycles. The van der Waals surface area contributed by atoms with Crippen LogP contribution in [0.3, 0.4) is 0 Å². The third-order valence-corrected chi connectivity index (χ3v) is 2.38. The van der Waals surface area contributed by atoms with Gasteiger partial charge < -0.3 is 14.7 Å². The second-order valence-electron chi connectivity index (χ2n) is 4.11. The lowest BCUT2D eigenvalue weighted by molar-refractivity contribution is 0.568. The number of aromatic amines is 1. The van der Waals surface area contributed by atoms with Gasteiger partial charge in [-0.1, -0.05) is 13.8 Å². The Kier molecular flexibility index (Phi) is 3.41. The third-order valence-electron chi connectivity index (χ3n) is 2.38. The van der Waals surface area contributed by atoms with E-state index < -0.39 is 0 Å². The van der Waals surface area contributed by atoms with Gasteiger partial charge in [0.15, 0.2) is 0 Å². The number of rotatable bonds is 5. The van der Waals surface area contributed by atoms with Gasteiger partial charge in [0.25, 0.3) is 0 Å². The van der Waals surface area contributed by atoms with E-state index in [1.165, 1.54) is 0 Å². The largest absolute Gasteiger partial charge is 0.472 e. The third kappa shape index (κ3) is 2.73. The van der Waals surface area contributed by atoms with Crippen molar-refractivity contribution in [2.24, 2.45) is 0 Å². The summed E-state index contributed by atoms with van der Waals surface area (Å²) in [6.07, 6.45) is 6.13. The van der Waals surface area contributed by atoms with Crippen molar-refractivity contribution in [3.63, 3.8) is 0 Å². The number of nitrogens with zero attached hydrogens (tertiary/aromatic N) is 1. The highest BCUT2D eigenvalue weighted by Gasteiger charge is 2.04. The fourth-order valence-electron chi connectivity index (χ4n) is 1.53. The molecule has 2 heterocycles. The van der Waals surface area contributed by atoms with Crippen molar-refractivity contribution < 1.29 is 4.42 Å². The summed E-state index contributed by atoms with van der Waals surface area (Å²) in [6.45, 7) is 5.22. The van der Waals surface area contributed by atoms with Crippen molar-refractivity contribution >= 4 is 0 Å². The lowest BCUT2D eigenvalue weighted by Gasteiger charge is -2.05. The van der Waals surface area contributed by atoms with Crippen molar-refractivity contribution in [3.05, 3.63) is 30.6 Å². The van der Waals surface area contributed by atoms with Crippen molar-refractivity contribution in [2.75, 3.05) is 6.54 Å². The van der Waals surface area contributed by atoms with Crippen LogP contribution in [-0.4, -0.2) is 22.6 Å². The summed E-state index contributed by atoms with van der Waals surface area (Å²) in [5, 5.41) is 3.36. The Balaban J connectivity index is 1.93. The summed E-state index contributed by atoms with van der Waals surface area (Å²) >= 11 is 0. The Morgan fingerprint density at radius 3 is 3.06 bits per heavy atom. The predicted octanol–water partition coefficient (Wildman–Crippen LogP) is 2.21. The van der Waals surface area contributed by atoms with Crippen molar-refractivity contribution in [1.82, 2.24) is 15.3 Å². The minimum Gasteiger partial charge on any atom is -0.472 e. The van der Waals surface area contributed by atoms with Crippen LogP contribution in [0.2, 0.25) is 0 Å². The standard InChI is InChI=1S/C12H17N3O/c1-9(2)13-5-3-12-14-7-11(15-12)10-4-6-16-8-10/h4,6-9,13H,3,5H2,1-2H3,(H,14,15). The van der Waals surface area contributed by atoms with E-state index in [9.17, 15) is 0 Å². The smallest absolute Gasteiger partial charge is 0.107 e. The molecule has 0 amide bonds. The first-order valence-corrected chi connectivity index (χ1v) is 5.55. The molecule has 2 rings (SSSR count). The van der Waals surface area contributed by atoms with E-state index in [0.717, 1.165) is 30.0 Å². The number of hydrogen-bond acceptors (Lipinski definition) is 3. The average molecular weight is 219 g/mol. The number of imidazole rings is 1. The number of hydrogen-bond donors (Lipinski definition) is 2. The van der Waals surface area contributed by atoms with Gasteiger partial charge in [0, 0.05) is 24.6 Å². The summed E-state index contributed by atoms with van der Waals surface area (Å²) < 4.78 is 5.03. The lowest BCUT2D eigenvalue weighted by Crippen LogP contribution is -2.25. The molecule has 0 fully saturated rings. The first-order valence-electron chi connectivity index (χ1n) is 5.55. The molecule has 4 heteroatoms. The minimum atomic E-state index is 0.517. The van der Waals surface area contributed by atoms with Gasteiger partial charge >= 0.3 is 0 Å². The van der Waals surface area contributed by atoms with Gasteiger partial charge in [-0.25, -0.2) is 4.98 Å². The highest BCUT2D eigenvalue weighted by atomic mass is 16.3. The van der Waals surface area contributed by atoms with Crippen LogP contribution >= 0.6 is 0 Å². The molecule has 0 aromatic carbocycles. The van der Waals surface area contributed by atoms with Crippen molar-refractivity contribution in [3.8, 4) is 11.3 Å². The van der Waals surface area contributed by atoms with Crippen LogP contribution in [0.5, 0.6) is 0 Å². The Morgan fingerprint density at radius 1 is 1.50 bits per heavy atom. The zero-order chi connectivity index (χ0) is 11.4. The Bertz CT molecular complexity index is 417. The number of H-pyrrole nitrogens is 1. The topological polar surface area (TPSA) is 53.9 Å². The zero-order valence-corrected chi connectivity index (χ0v) is 9.66. The fraction of sp³-hybridized carbons (Fsp3) is 0.417. The molecule has 0 spiro atoms. The van der Waals surface area contributed by atoms with Crippen LogP contribution in [0.25, 0.3) is 11.3 Å². The Hall–Kier alpha value is -1.55. The van der Waals surface area contributed by atoms with Gasteiger partial charge in [0.1, 0.15) is 5.82 Å². The summed E-state index contributed by atoms with van der Waals surface area (Å²) in [5.74, 6) is 1.00. The molecule has 4 nitrogen and oxygen atoms in total. The normalized spacial score (nSPS) is 11.2. The first kappa shape index (κ1) is 11.0. The van der Waals surface area contributed by atoms with Crippen LogP contribution in [0.15, 0.2) is 29.2 Å². The van der Waals surface area contributed by atoms with Crippen LogP contribution in [0.1, 0.15) is 19.7 Å². The molecule has 86 valence electrons. The van der Waals surface area contributed by atoms with Gasteiger partial charge in [-0.05, 0) is 6.07 Å². The summed E-state index contributed by atoms with van der Waals surface area (Å²) in [6, 6.07) is 2.44. The molecular formula is C12H17N3O. The molecule has 0 saturated carbocycles. The van der Waals surface area contributed by atoms with E-state index in [-0.39, 0.29) is 0 Å². The van der Waals surface area contributed by atoms with Crippen LogP contribution in [-0.2, 0) is 6.42 Å². The molecule has 0 atom stereocenters. The van der Waals surface area contributed by atoms with Gasteiger partial charge in [0.05, 0.1) is 24.4 Å². The van der Waals surface area contributed by atoms with Crippen LogP contribution < -0.4 is 5.32 Å². The van der Waals surface area contributed by atoms with E-state index in [0.29, 0.717) is 6.04 Å². The van der Waals surface area contributed by atoms with E-state index in [2.05, 4.69) is 29.1 Å². The molecule has 2 aromatic rings. The second-order valence-corrected chi connectivity index (χ2v) is 4.11. The highest BCUT2D eigenvalue weighted by Crippen LogP contribution is 2.16. The maximum atomic E-state index is 5.03. The van der Waals surface area contributed by atoms with Crippen molar-refractivity contribution in [1.29, 1.82) is 0 Å². The fourth-order valence-corrected chi connectivity index (χ4v) is 1.53. The molecule has 0 aliphatic rings. The molecular weight excluding hydrogens is 202 g/mol. The highest BCUT2D eigenvalue weighted by molar-refractivity contribution is 5.56. The SMILES string of the molecule is CC(C)NCCc1ncc(-c2ccoc2)[nH]1. The van der Waals surface area contributed by atoms with Gasteiger partial charge in [0.2, 0.25) is 0 Å². The van der Waals surface area contributed by atoms with Crippen LogP contribution in [0.4, 0.5) is 0 Å². The Morgan fingerprint density at radius 2 is 2.38 bits per heavy atom. The van der Waals surface area contributed by atoms with E-state index in [1.54, 1.807) is 12.5 Å². The van der Waals surface area contributed by atoms with Crippen molar-refractivity contribution in [2.45, 2.75) is 26.3 Å². The van der Waals surface area contributed by atoms with Gasteiger partial charge in [-0.3, -0.25) is 0 Å². The summed E-state index contributed by atoms with van der Waals surface area (Å²) in [5.41, 5.74) is 2.05. The monoisotopic (exact) mass is 219 g/mol. The lowest BCUT2D eigenvalue weighted by atomic mass is 10.3. The second kappa shape index (κ2) is 4.99. The number of furan rings is 1. The molecule has 16 heavy (non-hydrogen) atoms. The predicted molar refractivity (Wildman–Crippen MR) is 63.1 cm³/mol. The maximum absolute atomic E-state index is 5.03. The molecule has 0 saturated heterocycles.